The molecule has 1 amide bonds. The second-order valence-electron chi connectivity index (χ2n) is 9.34. The molecule has 3 aromatic rings. The highest BCUT2D eigenvalue weighted by molar-refractivity contribution is 5.94. The van der Waals surface area contributed by atoms with Crippen LogP contribution in [0.5, 0.6) is 0 Å². The van der Waals surface area contributed by atoms with Crippen molar-refractivity contribution < 1.29 is 9.53 Å². The molecule has 2 aliphatic rings. The number of nitrogens with one attached hydrogen (secondary N) is 1. The number of nitriles is 1. The molecular weight excluding hydrogens is 424 g/mol. The number of hydrogen-bond donors (Lipinski definition) is 1. The van der Waals surface area contributed by atoms with Crippen molar-refractivity contribution in [3.05, 3.63) is 94.8 Å². The fourth-order valence-electron chi connectivity index (χ4n) is 4.92. The quantitative estimate of drug-likeness (QED) is 0.624. The first-order valence-corrected chi connectivity index (χ1v) is 11.7. The normalized spacial score (nSPS) is 21.5. The van der Waals surface area contributed by atoms with E-state index < -0.39 is 5.41 Å². The first kappa shape index (κ1) is 22.1. The zero-order chi connectivity index (χ0) is 23.5. The van der Waals surface area contributed by atoms with Crippen LogP contribution in [-0.4, -0.2) is 30.6 Å². The first-order valence-electron chi connectivity index (χ1n) is 11.7. The van der Waals surface area contributed by atoms with Gasteiger partial charge in [-0.05, 0) is 54.3 Å². The van der Waals surface area contributed by atoms with Crippen LogP contribution in [0, 0.1) is 11.3 Å². The van der Waals surface area contributed by atoms with Gasteiger partial charge in [-0.25, -0.2) is 0 Å². The van der Waals surface area contributed by atoms with Crippen LogP contribution in [-0.2, 0) is 23.3 Å². The van der Waals surface area contributed by atoms with Gasteiger partial charge in [0.05, 0.1) is 31.5 Å². The lowest BCUT2D eigenvalue weighted by Gasteiger charge is -2.30. The number of hydrogen-bond acceptors (Lipinski definition) is 5. The van der Waals surface area contributed by atoms with E-state index in [0.717, 1.165) is 42.0 Å². The number of carbonyl (C=O) groups is 1. The molecular formula is C28H28N4O2. The predicted octanol–water partition coefficient (Wildman–Crippen LogP) is 4.32. The maximum Gasteiger partial charge on any atom is 0.251 e. The van der Waals surface area contributed by atoms with E-state index in [1.807, 2.05) is 31.3 Å². The maximum atomic E-state index is 12.9. The van der Waals surface area contributed by atoms with Gasteiger partial charge in [0, 0.05) is 36.5 Å². The number of carbonyl (C=O) groups excluding carboxylic acids is 1. The molecule has 0 radical (unpaired) electrons. The minimum absolute atomic E-state index is 0.174. The van der Waals surface area contributed by atoms with E-state index in [2.05, 4.69) is 57.7 Å². The summed E-state index contributed by atoms with van der Waals surface area (Å²) >= 11 is 0. The topological polar surface area (TPSA) is 78.2 Å². The number of anilines is 1. The molecule has 1 saturated heterocycles. The minimum Gasteiger partial charge on any atom is -0.375 e. The largest absolute Gasteiger partial charge is 0.375 e. The monoisotopic (exact) mass is 452 g/mol. The van der Waals surface area contributed by atoms with E-state index in [4.69, 9.17) is 4.74 Å². The van der Waals surface area contributed by atoms with Crippen molar-refractivity contribution in [1.82, 2.24) is 10.3 Å². The third-order valence-corrected chi connectivity index (χ3v) is 6.92. The van der Waals surface area contributed by atoms with Crippen molar-refractivity contribution in [2.24, 2.45) is 0 Å². The van der Waals surface area contributed by atoms with Gasteiger partial charge in [-0.1, -0.05) is 36.4 Å². The highest BCUT2D eigenvalue weighted by Gasteiger charge is 2.33. The number of rotatable bonds is 5. The van der Waals surface area contributed by atoms with Gasteiger partial charge in [0.15, 0.2) is 0 Å². The zero-order valence-electron chi connectivity index (χ0n) is 19.3. The SMILES string of the molecule is C[C@@]1(C#N)COCc2ccc(C(=O)NCc3cc(N4CCC(c5ccccc5)C4)ccn3)cc21. The molecule has 0 bridgehead atoms. The molecule has 172 valence electrons. The Morgan fingerprint density at radius 2 is 2.09 bits per heavy atom. The van der Waals surface area contributed by atoms with Crippen molar-refractivity contribution in [1.29, 1.82) is 5.26 Å². The maximum absolute atomic E-state index is 12.9. The van der Waals surface area contributed by atoms with Gasteiger partial charge >= 0.3 is 0 Å². The Balaban J connectivity index is 1.24. The van der Waals surface area contributed by atoms with E-state index in [0.29, 0.717) is 31.2 Å². The Bertz CT molecular complexity index is 1240. The number of nitrogens with zero attached hydrogens (tertiary/aromatic N) is 3. The third-order valence-electron chi connectivity index (χ3n) is 6.92. The van der Waals surface area contributed by atoms with Crippen LogP contribution in [0.4, 0.5) is 5.69 Å². The lowest BCUT2D eigenvalue weighted by molar-refractivity contribution is 0.0757. The lowest BCUT2D eigenvalue weighted by Crippen LogP contribution is -2.33. The first-order chi connectivity index (χ1) is 16.6. The van der Waals surface area contributed by atoms with Gasteiger partial charge in [-0.15, -0.1) is 0 Å². The summed E-state index contributed by atoms with van der Waals surface area (Å²) in [5, 5.41) is 12.6. The van der Waals surface area contributed by atoms with Gasteiger partial charge < -0.3 is 15.0 Å². The molecule has 2 aliphatic heterocycles. The second-order valence-corrected chi connectivity index (χ2v) is 9.34. The molecule has 6 nitrogen and oxygen atoms in total. The summed E-state index contributed by atoms with van der Waals surface area (Å²) in [6, 6.07) is 22.6. The minimum atomic E-state index is -0.743. The molecule has 1 N–H and O–H groups in total. The van der Waals surface area contributed by atoms with Gasteiger partial charge in [0.2, 0.25) is 0 Å². The van der Waals surface area contributed by atoms with Crippen LogP contribution < -0.4 is 10.2 Å². The predicted molar refractivity (Wildman–Crippen MR) is 130 cm³/mol. The van der Waals surface area contributed by atoms with E-state index >= 15 is 0 Å². The Kier molecular flexibility index (Phi) is 6.04. The van der Waals surface area contributed by atoms with Gasteiger partial charge in [-0.2, -0.15) is 5.26 Å². The Morgan fingerprint density at radius 1 is 1.24 bits per heavy atom. The van der Waals surface area contributed by atoms with Gasteiger partial charge in [-0.3, -0.25) is 9.78 Å². The average Bonchev–Trinajstić information content (AvgIpc) is 3.39. The molecule has 2 aromatic carbocycles. The van der Waals surface area contributed by atoms with Crippen LogP contribution in [0.25, 0.3) is 0 Å². The molecule has 34 heavy (non-hydrogen) atoms. The third kappa shape index (κ3) is 4.40. The summed E-state index contributed by atoms with van der Waals surface area (Å²) in [7, 11) is 0. The number of benzene rings is 2. The summed E-state index contributed by atoms with van der Waals surface area (Å²) in [6.45, 7) is 4.98. The molecule has 0 spiro atoms. The molecule has 0 aliphatic carbocycles. The fourth-order valence-corrected chi connectivity index (χ4v) is 4.92. The van der Waals surface area contributed by atoms with Crippen LogP contribution in [0.1, 0.15) is 52.0 Å². The summed E-state index contributed by atoms with van der Waals surface area (Å²) in [6.07, 6.45) is 2.94. The van der Waals surface area contributed by atoms with Crippen molar-refractivity contribution in [2.75, 3.05) is 24.6 Å². The van der Waals surface area contributed by atoms with Crippen LogP contribution >= 0.6 is 0 Å². The zero-order valence-corrected chi connectivity index (χ0v) is 19.3. The van der Waals surface area contributed by atoms with Crippen molar-refractivity contribution >= 4 is 11.6 Å². The molecule has 2 atom stereocenters. The van der Waals surface area contributed by atoms with Crippen LogP contribution in [0.15, 0.2) is 66.9 Å². The van der Waals surface area contributed by atoms with Crippen LogP contribution in [0.3, 0.4) is 0 Å². The van der Waals surface area contributed by atoms with Gasteiger partial charge in [0.25, 0.3) is 5.91 Å². The summed E-state index contributed by atoms with van der Waals surface area (Å²) in [4.78, 5) is 19.7. The van der Waals surface area contributed by atoms with Gasteiger partial charge in [0.1, 0.15) is 5.41 Å². The smallest absolute Gasteiger partial charge is 0.251 e. The lowest BCUT2D eigenvalue weighted by atomic mass is 9.79. The molecule has 1 fully saturated rings. The highest BCUT2D eigenvalue weighted by Crippen LogP contribution is 2.33. The number of pyridine rings is 1. The van der Waals surface area contributed by atoms with Crippen LogP contribution in [0.2, 0.25) is 0 Å². The van der Waals surface area contributed by atoms with Crippen molar-refractivity contribution in [3.8, 4) is 6.07 Å². The highest BCUT2D eigenvalue weighted by atomic mass is 16.5. The average molecular weight is 453 g/mol. The molecule has 5 rings (SSSR count). The molecule has 6 heteroatoms. The molecule has 1 aromatic heterocycles. The number of aromatic nitrogens is 1. The summed E-state index contributed by atoms with van der Waals surface area (Å²) < 4.78 is 5.56. The number of fused-ring (bicyclic) bond motifs is 1. The van der Waals surface area contributed by atoms with Crippen molar-refractivity contribution in [2.45, 2.75) is 37.8 Å². The second kappa shape index (κ2) is 9.28. The van der Waals surface area contributed by atoms with Crippen molar-refractivity contribution in [3.63, 3.8) is 0 Å². The Morgan fingerprint density at radius 3 is 2.91 bits per heavy atom. The Hall–Kier alpha value is -3.69. The Labute approximate surface area is 200 Å². The number of amides is 1. The number of ether oxygens (including phenoxy) is 1. The standard InChI is InChI=1S/C28H28N4O2/c1-28(18-29)19-34-17-23-8-7-21(13-26(23)28)27(33)31-15-24-14-25(9-11-30-24)32-12-10-22(16-32)20-5-3-2-4-6-20/h2-9,11,13-14,22H,10,12,15-17,19H2,1H3,(H,31,33)/t22?,28-/m1/s1. The molecule has 3 heterocycles. The molecule has 0 saturated carbocycles. The fraction of sp³-hybridized carbons (Fsp3) is 0.321. The van der Waals surface area contributed by atoms with E-state index in [1.165, 1.54) is 5.56 Å². The van der Waals surface area contributed by atoms with E-state index in [-0.39, 0.29) is 5.91 Å². The summed E-state index contributed by atoms with van der Waals surface area (Å²) in [5.74, 6) is 0.359. The molecule has 1 unspecified atom stereocenters. The summed E-state index contributed by atoms with van der Waals surface area (Å²) in [5.41, 5.74) is 4.97. The van der Waals surface area contributed by atoms with E-state index in [1.54, 1.807) is 6.07 Å². The van der Waals surface area contributed by atoms with E-state index in [9.17, 15) is 10.1 Å².